The second-order valence-corrected chi connectivity index (χ2v) is 11.2. The van der Waals surface area contributed by atoms with Crippen LogP contribution in [0.2, 0.25) is 0 Å². The maximum atomic E-state index is 13.5. The highest BCUT2D eigenvalue weighted by atomic mass is 19.4. The highest BCUT2D eigenvalue weighted by Crippen LogP contribution is 2.39. The van der Waals surface area contributed by atoms with Crippen LogP contribution in [0.1, 0.15) is 60.2 Å². The summed E-state index contributed by atoms with van der Waals surface area (Å²) < 4.78 is 40.4. The van der Waals surface area contributed by atoms with E-state index < -0.39 is 17.3 Å². The third-order valence-electron chi connectivity index (χ3n) is 7.23. The van der Waals surface area contributed by atoms with E-state index in [1.807, 2.05) is 57.7 Å². The molecule has 1 aliphatic heterocycles. The minimum Gasteiger partial charge on any atom is -0.354 e. The number of rotatable bonds is 6. The van der Waals surface area contributed by atoms with Crippen molar-refractivity contribution in [3.05, 3.63) is 52.5 Å². The largest absolute Gasteiger partial charge is 0.433 e. The van der Waals surface area contributed by atoms with E-state index in [0.29, 0.717) is 42.9 Å². The number of nitrogens with zero attached hydrogens (tertiary/aromatic N) is 4. The summed E-state index contributed by atoms with van der Waals surface area (Å²) in [4.78, 5) is 25.0. The van der Waals surface area contributed by atoms with Crippen molar-refractivity contribution < 1.29 is 18.0 Å². The lowest BCUT2D eigenvalue weighted by molar-refractivity contribution is -0.141. The molecule has 2 unspecified atom stereocenters. The van der Waals surface area contributed by atoms with Crippen LogP contribution >= 0.6 is 0 Å². The third-order valence-corrected chi connectivity index (χ3v) is 7.23. The summed E-state index contributed by atoms with van der Waals surface area (Å²) in [5, 5.41) is 3.07. The van der Waals surface area contributed by atoms with Gasteiger partial charge in [-0.05, 0) is 55.4 Å². The van der Waals surface area contributed by atoms with Gasteiger partial charge in [-0.25, -0.2) is 9.97 Å². The second kappa shape index (κ2) is 10.00. The van der Waals surface area contributed by atoms with Gasteiger partial charge in [-0.15, -0.1) is 0 Å². The van der Waals surface area contributed by atoms with Crippen LogP contribution in [0.15, 0.2) is 24.3 Å². The van der Waals surface area contributed by atoms with Gasteiger partial charge in [0.15, 0.2) is 0 Å². The molecule has 0 radical (unpaired) electrons. The Morgan fingerprint density at radius 3 is 2.31 bits per heavy atom. The smallest absolute Gasteiger partial charge is 0.354 e. The summed E-state index contributed by atoms with van der Waals surface area (Å²) in [6.45, 7) is 13.9. The van der Waals surface area contributed by atoms with Gasteiger partial charge in [-0.1, -0.05) is 26.8 Å². The quantitative estimate of drug-likeness (QED) is 0.625. The number of amides is 1. The number of carbonyl (C=O) groups excluding carboxylic acids is 1. The van der Waals surface area contributed by atoms with Crippen molar-refractivity contribution in [2.24, 2.45) is 11.8 Å². The third kappa shape index (κ3) is 6.35. The lowest BCUT2D eigenvalue weighted by Crippen LogP contribution is -2.47. The maximum absolute atomic E-state index is 13.5. The van der Waals surface area contributed by atoms with E-state index in [0.717, 1.165) is 37.7 Å². The van der Waals surface area contributed by atoms with Crippen molar-refractivity contribution in [3.63, 3.8) is 0 Å². The molecule has 2 heterocycles. The van der Waals surface area contributed by atoms with Crippen molar-refractivity contribution in [2.45, 2.75) is 52.6 Å². The summed E-state index contributed by atoms with van der Waals surface area (Å²) in [6.07, 6.45) is -3.42. The van der Waals surface area contributed by atoms with Crippen LogP contribution in [0.25, 0.3) is 0 Å². The minimum absolute atomic E-state index is 0.0323. The van der Waals surface area contributed by atoms with E-state index in [9.17, 15) is 18.0 Å². The van der Waals surface area contributed by atoms with Crippen LogP contribution in [0.5, 0.6) is 0 Å². The predicted molar refractivity (Wildman–Crippen MR) is 134 cm³/mol. The van der Waals surface area contributed by atoms with E-state index >= 15 is 0 Å². The molecule has 6 nitrogen and oxygen atoms in total. The highest BCUT2D eigenvalue weighted by Gasteiger charge is 2.39. The molecule has 1 aromatic heterocycles. The van der Waals surface area contributed by atoms with Gasteiger partial charge in [0.25, 0.3) is 5.91 Å². The summed E-state index contributed by atoms with van der Waals surface area (Å²) in [5.41, 5.74) is 1.51. The Hall–Kier alpha value is -2.68. The first-order valence-electron chi connectivity index (χ1n) is 12.6. The number of nitrogens with one attached hydrogen (secondary N) is 1. The standard InChI is InChI=1S/C27H36F3N5O/c1-17-6-7-19(12-18(17)2)24(36)31-15-20-13-21(20)16-34-8-10-35(11-9-34)23-14-22(27(28,29)30)32-25(33-23)26(3,4)5/h6-7,12,14,20-21H,8-11,13,15-16H2,1-5H3,(H,31,36). The number of piperazine rings is 1. The van der Waals surface area contributed by atoms with Crippen molar-refractivity contribution in [2.75, 3.05) is 44.2 Å². The van der Waals surface area contributed by atoms with Crippen LogP contribution in [0.4, 0.5) is 19.0 Å². The molecule has 4 rings (SSSR count). The number of anilines is 1. The molecule has 2 fully saturated rings. The number of hydrogen-bond donors (Lipinski definition) is 1. The van der Waals surface area contributed by atoms with Crippen LogP contribution < -0.4 is 10.2 Å². The molecule has 1 saturated heterocycles. The van der Waals surface area contributed by atoms with E-state index in [1.165, 1.54) is 5.56 Å². The summed E-state index contributed by atoms with van der Waals surface area (Å²) in [6, 6.07) is 6.83. The molecule has 1 amide bonds. The topological polar surface area (TPSA) is 61.4 Å². The number of aryl methyl sites for hydroxylation is 2. The first kappa shape index (κ1) is 26.4. The number of alkyl halides is 3. The minimum atomic E-state index is -4.51. The van der Waals surface area contributed by atoms with Gasteiger partial charge in [-0.3, -0.25) is 9.69 Å². The van der Waals surface area contributed by atoms with Gasteiger partial charge in [0, 0.05) is 56.3 Å². The van der Waals surface area contributed by atoms with E-state index in [-0.39, 0.29) is 11.7 Å². The molecule has 0 spiro atoms. The fraction of sp³-hybridized carbons (Fsp3) is 0.593. The first-order valence-corrected chi connectivity index (χ1v) is 12.6. The zero-order chi connectivity index (χ0) is 26.3. The van der Waals surface area contributed by atoms with E-state index in [1.54, 1.807) is 0 Å². The molecule has 36 heavy (non-hydrogen) atoms. The zero-order valence-electron chi connectivity index (χ0n) is 21.7. The van der Waals surface area contributed by atoms with Crippen LogP contribution in [0.3, 0.4) is 0 Å². The molecule has 9 heteroatoms. The van der Waals surface area contributed by atoms with Crippen molar-refractivity contribution in [3.8, 4) is 0 Å². The Balaban J connectivity index is 1.27. The van der Waals surface area contributed by atoms with Crippen molar-refractivity contribution in [1.82, 2.24) is 20.2 Å². The molecule has 2 aromatic rings. The normalized spacial score (nSPS) is 20.9. The Morgan fingerprint density at radius 2 is 1.69 bits per heavy atom. The second-order valence-electron chi connectivity index (χ2n) is 11.2. The van der Waals surface area contributed by atoms with Crippen LogP contribution in [-0.2, 0) is 11.6 Å². The SMILES string of the molecule is Cc1ccc(C(=O)NCC2CC2CN2CCN(c3cc(C(F)(F)F)nc(C(C)(C)C)n3)CC2)cc1C. The average molecular weight is 504 g/mol. The van der Waals surface area contributed by atoms with Gasteiger partial charge in [0.2, 0.25) is 0 Å². The first-order chi connectivity index (χ1) is 16.8. The Kier molecular flexibility index (Phi) is 7.33. The predicted octanol–water partition coefficient (Wildman–Crippen LogP) is 4.60. The Morgan fingerprint density at radius 1 is 1.00 bits per heavy atom. The highest BCUT2D eigenvalue weighted by molar-refractivity contribution is 5.94. The Bertz CT molecular complexity index is 1070. The fourth-order valence-electron chi connectivity index (χ4n) is 4.56. The molecule has 1 saturated carbocycles. The van der Waals surface area contributed by atoms with Crippen LogP contribution in [-0.4, -0.2) is 60.0 Å². The Labute approximate surface area is 211 Å². The lowest BCUT2D eigenvalue weighted by Gasteiger charge is -2.36. The summed E-state index contributed by atoms with van der Waals surface area (Å²) in [7, 11) is 0. The number of carbonyl (C=O) groups is 1. The molecular weight excluding hydrogens is 467 g/mol. The number of aromatic nitrogens is 2. The number of benzene rings is 1. The molecule has 196 valence electrons. The van der Waals surface area contributed by atoms with Crippen molar-refractivity contribution in [1.29, 1.82) is 0 Å². The average Bonchev–Trinajstić information content (AvgIpc) is 3.56. The molecule has 2 aliphatic rings. The zero-order valence-corrected chi connectivity index (χ0v) is 21.7. The monoisotopic (exact) mass is 503 g/mol. The van der Waals surface area contributed by atoms with Gasteiger partial charge >= 0.3 is 6.18 Å². The van der Waals surface area contributed by atoms with Gasteiger partial charge < -0.3 is 10.2 Å². The van der Waals surface area contributed by atoms with Crippen LogP contribution in [0, 0.1) is 25.7 Å². The summed E-state index contributed by atoms with van der Waals surface area (Å²) >= 11 is 0. The lowest BCUT2D eigenvalue weighted by atomic mass is 9.95. The number of hydrogen-bond acceptors (Lipinski definition) is 5. The van der Waals surface area contributed by atoms with E-state index in [4.69, 9.17) is 0 Å². The molecule has 0 bridgehead atoms. The molecular formula is C27H36F3N5O. The van der Waals surface area contributed by atoms with Gasteiger partial charge in [0.05, 0.1) is 0 Å². The molecule has 1 N–H and O–H groups in total. The summed E-state index contributed by atoms with van der Waals surface area (Å²) in [5.74, 6) is 1.54. The van der Waals surface area contributed by atoms with Crippen molar-refractivity contribution >= 4 is 11.7 Å². The van der Waals surface area contributed by atoms with Gasteiger partial charge in [0.1, 0.15) is 17.3 Å². The fourth-order valence-corrected chi connectivity index (χ4v) is 4.56. The molecule has 1 aromatic carbocycles. The number of halogens is 3. The maximum Gasteiger partial charge on any atom is 0.433 e. The van der Waals surface area contributed by atoms with E-state index in [2.05, 4.69) is 20.2 Å². The molecule has 2 atom stereocenters. The molecule has 1 aliphatic carbocycles. The van der Waals surface area contributed by atoms with Gasteiger partial charge in [-0.2, -0.15) is 13.2 Å².